The molecular weight excluding hydrogens is 322 g/mol. The van der Waals surface area contributed by atoms with E-state index in [1.807, 2.05) is 38.1 Å². The average molecular weight is 341 g/mol. The summed E-state index contributed by atoms with van der Waals surface area (Å²) in [4.78, 5) is 25.7. The van der Waals surface area contributed by atoms with Crippen LogP contribution in [0.3, 0.4) is 0 Å². The Bertz CT molecular complexity index is 920. The Morgan fingerprint density at radius 3 is 2.72 bits per heavy atom. The molecule has 0 fully saturated rings. The van der Waals surface area contributed by atoms with E-state index in [-0.39, 0.29) is 5.91 Å². The first-order chi connectivity index (χ1) is 12.1. The lowest BCUT2D eigenvalue weighted by Gasteiger charge is -2.08. The van der Waals surface area contributed by atoms with Crippen LogP contribution in [0.1, 0.15) is 34.4 Å². The molecule has 0 spiro atoms. The summed E-state index contributed by atoms with van der Waals surface area (Å²) in [6.45, 7) is 4.34. The third-order valence-electron chi connectivity index (χ3n) is 3.86. The van der Waals surface area contributed by atoms with Crippen molar-refractivity contribution in [2.45, 2.75) is 26.7 Å². The minimum absolute atomic E-state index is 0.207. The third-order valence-corrected chi connectivity index (χ3v) is 3.86. The van der Waals surface area contributed by atoms with Crippen molar-refractivity contribution >= 4 is 5.91 Å². The molecule has 130 valence electrons. The van der Waals surface area contributed by atoms with Crippen molar-refractivity contribution in [3.05, 3.63) is 63.7 Å². The number of H-pyrrole nitrogens is 1. The Hall–Kier alpha value is -3.16. The topological polar surface area (TPSA) is 106 Å². The first-order valence-electron chi connectivity index (χ1n) is 8.05. The molecule has 1 aromatic carbocycles. The van der Waals surface area contributed by atoms with Gasteiger partial charge in [0.15, 0.2) is 5.82 Å². The predicted molar refractivity (Wildman–Crippen MR) is 90.8 cm³/mol. The second kappa shape index (κ2) is 7.16. The maximum Gasteiger partial charge on any atom is 0.438 e. The molecule has 0 atom stereocenters. The largest absolute Gasteiger partial charge is 0.438 e. The van der Waals surface area contributed by atoms with Crippen LogP contribution < -0.4 is 11.1 Å². The van der Waals surface area contributed by atoms with Gasteiger partial charge >= 0.3 is 5.76 Å². The van der Waals surface area contributed by atoms with Gasteiger partial charge in [-0.2, -0.15) is 5.10 Å². The molecule has 0 unspecified atom stereocenters. The number of carbonyl (C=O) groups is 1. The predicted octanol–water partition coefficient (Wildman–Crippen LogP) is 1.39. The van der Waals surface area contributed by atoms with E-state index in [0.717, 1.165) is 16.9 Å². The normalized spacial score (nSPS) is 10.8. The molecule has 8 nitrogen and oxygen atoms in total. The zero-order valence-corrected chi connectivity index (χ0v) is 14.1. The molecule has 3 aromatic rings. The van der Waals surface area contributed by atoms with E-state index in [2.05, 4.69) is 25.1 Å². The Morgan fingerprint density at radius 2 is 2.08 bits per heavy atom. The minimum Gasteiger partial charge on any atom is -0.351 e. The highest BCUT2D eigenvalue weighted by molar-refractivity contribution is 5.95. The van der Waals surface area contributed by atoms with E-state index in [0.29, 0.717) is 30.8 Å². The Labute approximate surface area is 143 Å². The van der Waals surface area contributed by atoms with Crippen LogP contribution in [0.5, 0.6) is 0 Å². The van der Waals surface area contributed by atoms with E-state index >= 15 is 0 Å². The summed E-state index contributed by atoms with van der Waals surface area (Å²) >= 11 is 0. The van der Waals surface area contributed by atoms with E-state index in [1.165, 1.54) is 0 Å². The van der Waals surface area contributed by atoms with Gasteiger partial charge in [0.2, 0.25) is 0 Å². The number of benzene rings is 1. The highest BCUT2D eigenvalue weighted by Gasteiger charge is 2.17. The third kappa shape index (κ3) is 3.68. The second-order valence-corrected chi connectivity index (χ2v) is 5.65. The molecule has 2 aromatic heterocycles. The van der Waals surface area contributed by atoms with E-state index in [1.54, 1.807) is 10.9 Å². The van der Waals surface area contributed by atoms with Crippen molar-refractivity contribution in [2.24, 2.45) is 0 Å². The van der Waals surface area contributed by atoms with E-state index < -0.39 is 5.76 Å². The van der Waals surface area contributed by atoms with Gasteiger partial charge in [0, 0.05) is 13.0 Å². The summed E-state index contributed by atoms with van der Waals surface area (Å²) in [5.74, 6) is -0.411. The molecular formula is C17H19N5O3. The molecule has 0 aliphatic rings. The van der Waals surface area contributed by atoms with Gasteiger partial charge in [0.05, 0.1) is 23.1 Å². The summed E-state index contributed by atoms with van der Waals surface area (Å²) in [7, 11) is 0. The summed E-state index contributed by atoms with van der Waals surface area (Å²) in [6.07, 6.45) is 2.63. The molecule has 25 heavy (non-hydrogen) atoms. The number of amides is 1. The van der Waals surface area contributed by atoms with E-state index in [4.69, 9.17) is 0 Å². The summed E-state index contributed by atoms with van der Waals surface area (Å²) in [6, 6.07) is 7.97. The van der Waals surface area contributed by atoms with Crippen molar-refractivity contribution in [1.82, 2.24) is 25.2 Å². The number of aromatic amines is 1. The molecule has 1 amide bonds. The first kappa shape index (κ1) is 16.7. The van der Waals surface area contributed by atoms with Crippen molar-refractivity contribution in [1.29, 1.82) is 0 Å². The first-order valence-corrected chi connectivity index (χ1v) is 8.05. The van der Waals surface area contributed by atoms with E-state index in [9.17, 15) is 9.59 Å². The minimum atomic E-state index is -0.603. The Balaban J connectivity index is 1.72. The van der Waals surface area contributed by atoms with Gasteiger partial charge in [-0.25, -0.2) is 9.48 Å². The summed E-state index contributed by atoms with van der Waals surface area (Å²) < 4.78 is 6.20. The number of nitrogens with zero attached hydrogens (tertiary/aromatic N) is 3. The standard InChI is InChI=1S/C17H19N5O3/c1-3-14-13(10-19-22(14)12-6-4-11(2)5-7-12)16(23)18-9-8-15-20-17(24)25-21-15/h4-7,10H,3,8-9H2,1-2H3,(H,18,23)(H,20,21,24). The molecule has 8 heteroatoms. The van der Waals surface area contributed by atoms with Crippen molar-refractivity contribution in [3.8, 4) is 5.69 Å². The quantitative estimate of drug-likeness (QED) is 0.705. The van der Waals surface area contributed by atoms with Gasteiger partial charge in [-0.05, 0) is 25.5 Å². The lowest BCUT2D eigenvalue weighted by molar-refractivity contribution is 0.0953. The van der Waals surface area contributed by atoms with Crippen LogP contribution in [0.2, 0.25) is 0 Å². The van der Waals surface area contributed by atoms with Gasteiger partial charge in [0.1, 0.15) is 0 Å². The zero-order valence-electron chi connectivity index (χ0n) is 14.1. The second-order valence-electron chi connectivity index (χ2n) is 5.65. The van der Waals surface area contributed by atoms with Gasteiger partial charge in [-0.3, -0.25) is 14.3 Å². The maximum atomic E-state index is 12.4. The molecule has 0 aliphatic heterocycles. The maximum absolute atomic E-state index is 12.4. The molecule has 0 aliphatic carbocycles. The van der Waals surface area contributed by atoms with Crippen LogP contribution in [0.25, 0.3) is 5.69 Å². The Kier molecular flexibility index (Phi) is 4.78. The molecule has 2 heterocycles. The number of hydrogen-bond donors (Lipinski definition) is 2. The van der Waals surface area contributed by atoms with Gasteiger partial charge in [-0.1, -0.05) is 29.8 Å². The van der Waals surface area contributed by atoms with Gasteiger partial charge < -0.3 is 5.32 Å². The fraction of sp³-hybridized carbons (Fsp3) is 0.294. The van der Waals surface area contributed by atoms with Crippen LogP contribution in [-0.2, 0) is 12.8 Å². The highest BCUT2D eigenvalue weighted by atomic mass is 16.5. The molecule has 0 saturated carbocycles. The molecule has 0 bridgehead atoms. The zero-order chi connectivity index (χ0) is 17.8. The van der Waals surface area contributed by atoms with Crippen LogP contribution in [0.4, 0.5) is 0 Å². The van der Waals surface area contributed by atoms with Crippen LogP contribution in [0.15, 0.2) is 39.8 Å². The number of carbonyl (C=O) groups excluding carboxylic acids is 1. The van der Waals surface area contributed by atoms with Crippen LogP contribution in [0, 0.1) is 6.92 Å². The number of aryl methyl sites for hydroxylation is 1. The molecule has 3 rings (SSSR count). The van der Waals surface area contributed by atoms with Gasteiger partial charge in [-0.15, -0.1) is 0 Å². The molecule has 0 radical (unpaired) electrons. The lowest BCUT2D eigenvalue weighted by Crippen LogP contribution is -2.26. The van der Waals surface area contributed by atoms with Crippen molar-refractivity contribution in [2.75, 3.05) is 6.54 Å². The van der Waals surface area contributed by atoms with Crippen molar-refractivity contribution in [3.63, 3.8) is 0 Å². The summed E-state index contributed by atoms with van der Waals surface area (Å²) in [5, 5.41) is 10.7. The average Bonchev–Trinajstić information content (AvgIpc) is 3.21. The summed E-state index contributed by atoms with van der Waals surface area (Å²) in [5.41, 5.74) is 3.47. The van der Waals surface area contributed by atoms with Gasteiger partial charge in [0.25, 0.3) is 5.91 Å². The number of rotatable bonds is 6. The molecule has 2 N–H and O–H groups in total. The fourth-order valence-corrected chi connectivity index (χ4v) is 2.57. The number of aromatic nitrogens is 4. The SMILES string of the molecule is CCc1c(C(=O)NCCc2noc(=O)[nH]2)cnn1-c1ccc(C)cc1. The number of hydrogen-bond acceptors (Lipinski definition) is 5. The van der Waals surface area contributed by atoms with Crippen molar-refractivity contribution < 1.29 is 9.32 Å². The fourth-order valence-electron chi connectivity index (χ4n) is 2.57. The molecule has 0 saturated heterocycles. The Morgan fingerprint density at radius 1 is 1.32 bits per heavy atom. The van der Waals surface area contributed by atoms with Crippen LogP contribution >= 0.6 is 0 Å². The van der Waals surface area contributed by atoms with Crippen LogP contribution in [-0.4, -0.2) is 32.4 Å². The smallest absolute Gasteiger partial charge is 0.351 e. The monoisotopic (exact) mass is 341 g/mol. The lowest BCUT2D eigenvalue weighted by atomic mass is 10.1. The highest BCUT2D eigenvalue weighted by Crippen LogP contribution is 2.16. The number of nitrogens with one attached hydrogen (secondary N) is 2.